The molecule has 0 aliphatic heterocycles. The summed E-state index contributed by atoms with van der Waals surface area (Å²) in [5.74, 6) is 1.49. The van der Waals surface area contributed by atoms with Crippen LogP contribution in [0.1, 0.15) is 133 Å². The van der Waals surface area contributed by atoms with Gasteiger partial charge in [-0.3, -0.25) is 0 Å². The maximum Gasteiger partial charge on any atom is 0.338 e. The van der Waals surface area contributed by atoms with E-state index in [-0.39, 0.29) is 12.1 Å². The first-order valence-corrected chi connectivity index (χ1v) is 16.7. The molecule has 0 unspecified atom stereocenters. The minimum atomic E-state index is -0.259. The van der Waals surface area contributed by atoms with Crippen LogP contribution in [0.4, 0.5) is 0 Å². The van der Waals surface area contributed by atoms with E-state index in [1.165, 1.54) is 77.0 Å². The number of fused-ring (bicyclic) bond motifs is 1. The highest BCUT2D eigenvalue weighted by molar-refractivity contribution is 5.90. The van der Waals surface area contributed by atoms with Gasteiger partial charge in [0.2, 0.25) is 0 Å². The number of benzene rings is 3. The quantitative estimate of drug-likeness (QED) is 0.0884. The summed E-state index contributed by atoms with van der Waals surface area (Å²) >= 11 is 0. The van der Waals surface area contributed by atoms with Gasteiger partial charge in [-0.15, -0.1) is 0 Å². The largest absolute Gasteiger partial charge is 0.494 e. The average Bonchev–Trinajstić information content (AvgIpc) is 3.01. The minimum Gasteiger partial charge on any atom is -0.494 e. The molecule has 42 heavy (non-hydrogen) atoms. The fourth-order valence-electron chi connectivity index (χ4n) is 5.29. The Morgan fingerprint density at radius 1 is 0.690 bits per heavy atom. The number of carbonyl (C=O) groups excluding carboxylic acids is 1. The molecule has 0 saturated carbocycles. The molecular formula is C38H54O4. The summed E-state index contributed by atoms with van der Waals surface area (Å²) < 4.78 is 17.9. The van der Waals surface area contributed by atoms with E-state index in [9.17, 15) is 4.79 Å². The van der Waals surface area contributed by atoms with Gasteiger partial charge >= 0.3 is 5.97 Å². The van der Waals surface area contributed by atoms with Crippen LogP contribution in [0.15, 0.2) is 60.7 Å². The Morgan fingerprint density at radius 3 is 2.02 bits per heavy atom. The molecule has 230 valence electrons. The second-order valence-electron chi connectivity index (χ2n) is 11.7. The molecule has 0 saturated heterocycles. The first-order chi connectivity index (χ1) is 20.6. The van der Waals surface area contributed by atoms with Gasteiger partial charge in [-0.05, 0) is 73.5 Å². The third-order valence-corrected chi connectivity index (χ3v) is 7.93. The van der Waals surface area contributed by atoms with Crippen molar-refractivity contribution in [3.63, 3.8) is 0 Å². The summed E-state index contributed by atoms with van der Waals surface area (Å²) in [6.07, 6.45) is 18.8. The van der Waals surface area contributed by atoms with Crippen LogP contribution < -0.4 is 9.47 Å². The van der Waals surface area contributed by atoms with Crippen LogP contribution in [0.5, 0.6) is 11.5 Å². The molecule has 0 amide bonds. The summed E-state index contributed by atoms with van der Waals surface area (Å²) in [6.45, 7) is 7.64. The molecule has 1 atom stereocenters. The number of carbonyl (C=O) groups is 1. The number of hydrogen-bond donors (Lipinski definition) is 0. The fourth-order valence-corrected chi connectivity index (χ4v) is 5.29. The highest BCUT2D eigenvalue weighted by Gasteiger charge is 2.12. The molecule has 3 rings (SSSR count). The molecular weight excluding hydrogens is 520 g/mol. The standard InChI is InChI=1S/C38H54O4/c1-4-6-8-10-11-12-13-14-15-17-28-40-35-26-27-36-34(29-35)20-18-21-37(36)41-30-32-22-24-33(25-23-32)38(39)42-31(3)19-16-9-7-5-2/h18,20-27,29,31H,4-17,19,28,30H2,1-3H3/t31-/m1/s1. The highest BCUT2D eigenvalue weighted by atomic mass is 16.5. The van der Waals surface area contributed by atoms with Crippen LogP contribution in [-0.4, -0.2) is 18.7 Å². The third kappa shape index (κ3) is 12.5. The van der Waals surface area contributed by atoms with Gasteiger partial charge in [0, 0.05) is 5.39 Å². The molecule has 3 aromatic rings. The van der Waals surface area contributed by atoms with E-state index in [0.717, 1.165) is 53.7 Å². The zero-order valence-electron chi connectivity index (χ0n) is 26.5. The molecule has 0 fully saturated rings. The smallest absolute Gasteiger partial charge is 0.338 e. The lowest BCUT2D eigenvalue weighted by molar-refractivity contribution is 0.0319. The molecule has 0 aliphatic carbocycles. The molecule has 0 aliphatic rings. The van der Waals surface area contributed by atoms with Crippen molar-refractivity contribution >= 4 is 16.7 Å². The van der Waals surface area contributed by atoms with E-state index in [4.69, 9.17) is 14.2 Å². The summed E-state index contributed by atoms with van der Waals surface area (Å²) in [4.78, 5) is 12.5. The van der Waals surface area contributed by atoms with Crippen molar-refractivity contribution in [1.82, 2.24) is 0 Å². The molecule has 4 heteroatoms. The summed E-state index contributed by atoms with van der Waals surface area (Å²) in [5.41, 5.74) is 1.59. The molecule has 0 N–H and O–H groups in total. The van der Waals surface area contributed by atoms with Crippen LogP contribution >= 0.6 is 0 Å². The van der Waals surface area contributed by atoms with E-state index in [1.54, 1.807) is 0 Å². The average molecular weight is 575 g/mol. The Kier molecular flexibility index (Phi) is 15.9. The Labute approximate surface area is 255 Å². The van der Waals surface area contributed by atoms with Crippen LogP contribution in [0.25, 0.3) is 10.8 Å². The van der Waals surface area contributed by atoms with Crippen molar-refractivity contribution in [2.24, 2.45) is 0 Å². The van der Waals surface area contributed by atoms with E-state index in [1.807, 2.05) is 49.4 Å². The molecule has 0 heterocycles. The lowest BCUT2D eigenvalue weighted by Crippen LogP contribution is -2.15. The van der Waals surface area contributed by atoms with Gasteiger partial charge in [-0.25, -0.2) is 4.79 Å². The van der Waals surface area contributed by atoms with Gasteiger partial charge in [0.05, 0.1) is 18.3 Å². The van der Waals surface area contributed by atoms with E-state index in [2.05, 4.69) is 32.0 Å². The Bertz CT molecular complexity index is 1150. The van der Waals surface area contributed by atoms with Gasteiger partial charge in [0.25, 0.3) is 0 Å². The normalized spacial score (nSPS) is 11.9. The lowest BCUT2D eigenvalue weighted by atomic mass is 10.1. The van der Waals surface area contributed by atoms with Crippen molar-refractivity contribution in [3.05, 3.63) is 71.8 Å². The van der Waals surface area contributed by atoms with Crippen molar-refractivity contribution in [1.29, 1.82) is 0 Å². The SMILES string of the molecule is CCCCCCCCCCCCOc1ccc2c(OCc3ccc(C(=O)O[C@H](C)CCCCCC)cc3)cccc2c1. The summed E-state index contributed by atoms with van der Waals surface area (Å²) in [6, 6.07) is 19.9. The van der Waals surface area contributed by atoms with Crippen LogP contribution in [0, 0.1) is 0 Å². The topological polar surface area (TPSA) is 44.8 Å². The number of ether oxygens (including phenoxy) is 3. The van der Waals surface area contributed by atoms with Gasteiger partial charge < -0.3 is 14.2 Å². The third-order valence-electron chi connectivity index (χ3n) is 7.93. The number of esters is 1. The molecule has 0 bridgehead atoms. The van der Waals surface area contributed by atoms with Crippen LogP contribution in [0.3, 0.4) is 0 Å². The Morgan fingerprint density at radius 2 is 1.33 bits per heavy atom. The van der Waals surface area contributed by atoms with Crippen molar-refractivity contribution in [2.75, 3.05) is 6.61 Å². The molecule has 0 spiro atoms. The van der Waals surface area contributed by atoms with Crippen molar-refractivity contribution in [3.8, 4) is 11.5 Å². The lowest BCUT2D eigenvalue weighted by Gasteiger charge is -2.14. The van der Waals surface area contributed by atoms with Crippen molar-refractivity contribution in [2.45, 2.75) is 130 Å². The second-order valence-corrected chi connectivity index (χ2v) is 11.7. The van der Waals surface area contributed by atoms with Gasteiger partial charge in [-0.2, -0.15) is 0 Å². The molecule has 4 nitrogen and oxygen atoms in total. The fraction of sp³-hybridized carbons (Fsp3) is 0.553. The van der Waals surface area contributed by atoms with Crippen molar-refractivity contribution < 1.29 is 19.0 Å². The van der Waals surface area contributed by atoms with Crippen LogP contribution in [-0.2, 0) is 11.3 Å². The first kappa shape index (κ1) is 33.5. The van der Waals surface area contributed by atoms with Crippen LogP contribution in [0.2, 0.25) is 0 Å². The predicted octanol–water partition coefficient (Wildman–Crippen LogP) is 11.2. The van der Waals surface area contributed by atoms with Gasteiger partial charge in [-0.1, -0.05) is 115 Å². The highest BCUT2D eigenvalue weighted by Crippen LogP contribution is 2.29. The van der Waals surface area contributed by atoms with E-state index >= 15 is 0 Å². The number of hydrogen-bond acceptors (Lipinski definition) is 4. The zero-order chi connectivity index (χ0) is 29.8. The number of unbranched alkanes of at least 4 members (excludes halogenated alkanes) is 12. The molecule has 3 aromatic carbocycles. The first-order valence-electron chi connectivity index (χ1n) is 16.7. The maximum atomic E-state index is 12.5. The predicted molar refractivity (Wildman–Crippen MR) is 176 cm³/mol. The summed E-state index contributed by atoms with van der Waals surface area (Å²) in [7, 11) is 0. The molecule has 0 aromatic heterocycles. The zero-order valence-corrected chi connectivity index (χ0v) is 26.5. The van der Waals surface area contributed by atoms with E-state index in [0.29, 0.717) is 12.2 Å². The Hall–Kier alpha value is -3.01. The Balaban J connectivity index is 1.39. The number of rotatable bonds is 22. The summed E-state index contributed by atoms with van der Waals surface area (Å²) in [5, 5.41) is 2.17. The van der Waals surface area contributed by atoms with E-state index < -0.39 is 0 Å². The second kappa shape index (κ2) is 20.0. The van der Waals surface area contributed by atoms with Gasteiger partial charge in [0.15, 0.2) is 0 Å². The minimum absolute atomic E-state index is 0.0608. The van der Waals surface area contributed by atoms with Gasteiger partial charge in [0.1, 0.15) is 18.1 Å². The monoisotopic (exact) mass is 574 g/mol. The molecule has 0 radical (unpaired) electrons. The maximum absolute atomic E-state index is 12.5.